The van der Waals surface area contributed by atoms with Gasteiger partial charge in [-0.05, 0) is 57.2 Å². The predicted octanol–water partition coefficient (Wildman–Crippen LogP) is 2.74. The molecule has 0 bridgehead atoms. The van der Waals surface area contributed by atoms with Gasteiger partial charge in [0.25, 0.3) is 0 Å². The fourth-order valence-electron chi connectivity index (χ4n) is 3.59. The number of rotatable bonds is 4. The van der Waals surface area contributed by atoms with Gasteiger partial charge in [-0.25, -0.2) is 0 Å². The summed E-state index contributed by atoms with van der Waals surface area (Å²) in [7, 11) is 0. The fourth-order valence-corrected chi connectivity index (χ4v) is 3.59. The first-order chi connectivity index (χ1) is 10.3. The highest BCUT2D eigenvalue weighted by molar-refractivity contribution is 5.85. The highest BCUT2D eigenvalue weighted by Gasteiger charge is 2.25. The van der Waals surface area contributed by atoms with Crippen molar-refractivity contribution in [2.75, 3.05) is 26.2 Å². The van der Waals surface area contributed by atoms with Crippen molar-refractivity contribution in [2.24, 2.45) is 5.92 Å². The summed E-state index contributed by atoms with van der Waals surface area (Å²) in [4.78, 5) is 14.4. The number of aromatic amines is 1. The zero-order chi connectivity index (χ0) is 14.5. The number of nitrogens with one attached hydrogen (secondary N) is 2. The van der Waals surface area contributed by atoms with E-state index >= 15 is 0 Å². The van der Waals surface area contributed by atoms with Crippen LogP contribution < -0.4 is 5.32 Å². The van der Waals surface area contributed by atoms with Crippen molar-refractivity contribution in [1.82, 2.24) is 20.4 Å². The number of hydrogen-bond acceptors (Lipinski definition) is 3. The van der Waals surface area contributed by atoms with Gasteiger partial charge in [-0.15, -0.1) is 24.8 Å². The minimum atomic E-state index is 0. The summed E-state index contributed by atoms with van der Waals surface area (Å²) >= 11 is 0. The Balaban J connectivity index is 0.00000132. The van der Waals surface area contributed by atoms with Gasteiger partial charge >= 0.3 is 0 Å². The van der Waals surface area contributed by atoms with Gasteiger partial charge in [0, 0.05) is 37.3 Å². The summed E-state index contributed by atoms with van der Waals surface area (Å²) < 4.78 is 0. The van der Waals surface area contributed by atoms with E-state index in [-0.39, 0.29) is 24.8 Å². The van der Waals surface area contributed by atoms with E-state index in [1.165, 1.54) is 18.5 Å². The third-order valence-corrected chi connectivity index (χ3v) is 5.03. The Bertz CT molecular complexity index is 441. The zero-order valence-electron chi connectivity index (χ0n) is 13.5. The summed E-state index contributed by atoms with van der Waals surface area (Å²) in [5, 5.41) is 10.5. The normalized spacial score (nSPS) is 19.7. The molecule has 3 heterocycles. The van der Waals surface area contributed by atoms with Crippen LogP contribution in [0.1, 0.15) is 50.1 Å². The molecule has 132 valence electrons. The van der Waals surface area contributed by atoms with Crippen LogP contribution >= 0.6 is 24.8 Å². The van der Waals surface area contributed by atoms with E-state index in [1.807, 2.05) is 6.20 Å². The highest BCUT2D eigenvalue weighted by Crippen LogP contribution is 2.27. The van der Waals surface area contributed by atoms with E-state index in [9.17, 15) is 4.79 Å². The average molecular weight is 363 g/mol. The standard InChI is InChI=1S/C16H26N4O.2ClH/c21-16(2-1-13-3-8-17-9-4-13)20-11-6-14(7-12-20)15-5-10-18-19-15;;/h5,10,13-14,17H,1-4,6-9,11-12H2,(H,18,19);2*1H. The molecule has 1 aromatic rings. The van der Waals surface area contributed by atoms with Gasteiger partial charge in [0.1, 0.15) is 0 Å². The molecule has 5 nitrogen and oxygen atoms in total. The lowest BCUT2D eigenvalue weighted by molar-refractivity contribution is -0.132. The van der Waals surface area contributed by atoms with E-state index in [1.54, 1.807) is 0 Å². The van der Waals surface area contributed by atoms with Gasteiger partial charge in [-0.1, -0.05) is 0 Å². The summed E-state index contributed by atoms with van der Waals surface area (Å²) in [6.45, 7) is 4.03. The van der Waals surface area contributed by atoms with Crippen LogP contribution in [0, 0.1) is 5.92 Å². The van der Waals surface area contributed by atoms with Crippen molar-refractivity contribution in [3.8, 4) is 0 Å². The Labute approximate surface area is 150 Å². The largest absolute Gasteiger partial charge is 0.343 e. The van der Waals surface area contributed by atoms with Crippen LogP contribution in [-0.4, -0.2) is 47.2 Å². The molecule has 0 radical (unpaired) electrons. The molecule has 1 aromatic heterocycles. The van der Waals surface area contributed by atoms with Crippen LogP contribution in [0.3, 0.4) is 0 Å². The number of hydrogen-bond donors (Lipinski definition) is 2. The molecule has 0 aromatic carbocycles. The van der Waals surface area contributed by atoms with Crippen molar-refractivity contribution in [2.45, 2.75) is 44.4 Å². The van der Waals surface area contributed by atoms with Crippen molar-refractivity contribution >= 4 is 30.7 Å². The van der Waals surface area contributed by atoms with Gasteiger partial charge in [-0.2, -0.15) is 5.10 Å². The van der Waals surface area contributed by atoms with Gasteiger partial charge in [0.2, 0.25) is 5.91 Å². The van der Waals surface area contributed by atoms with Crippen molar-refractivity contribution in [3.05, 3.63) is 18.0 Å². The first-order valence-electron chi connectivity index (χ1n) is 8.30. The molecule has 2 N–H and O–H groups in total. The second-order valence-corrected chi connectivity index (χ2v) is 6.40. The van der Waals surface area contributed by atoms with Gasteiger partial charge in [0.05, 0.1) is 0 Å². The Morgan fingerprint density at radius 2 is 1.87 bits per heavy atom. The lowest BCUT2D eigenvalue weighted by Crippen LogP contribution is -2.38. The molecule has 0 unspecified atom stereocenters. The van der Waals surface area contributed by atoms with E-state index in [0.717, 1.165) is 57.8 Å². The van der Waals surface area contributed by atoms with E-state index in [0.29, 0.717) is 11.8 Å². The molecule has 7 heteroatoms. The molecule has 2 saturated heterocycles. The monoisotopic (exact) mass is 362 g/mol. The van der Waals surface area contributed by atoms with Crippen LogP contribution in [0.5, 0.6) is 0 Å². The molecule has 1 amide bonds. The Morgan fingerprint density at radius 3 is 2.48 bits per heavy atom. The first kappa shape index (κ1) is 20.3. The summed E-state index contributed by atoms with van der Waals surface area (Å²) in [6, 6.07) is 2.05. The predicted molar refractivity (Wildman–Crippen MR) is 96.5 cm³/mol. The third kappa shape index (κ3) is 5.66. The van der Waals surface area contributed by atoms with E-state index in [2.05, 4.69) is 26.5 Å². The molecule has 3 rings (SSSR count). The second-order valence-electron chi connectivity index (χ2n) is 6.40. The Morgan fingerprint density at radius 1 is 1.17 bits per heavy atom. The second kappa shape index (κ2) is 10.2. The third-order valence-electron chi connectivity index (χ3n) is 5.03. The number of piperidine rings is 2. The van der Waals surface area contributed by atoms with Gasteiger partial charge in [-0.3, -0.25) is 9.89 Å². The molecule has 2 aliphatic rings. The molecule has 23 heavy (non-hydrogen) atoms. The van der Waals surface area contributed by atoms with E-state index < -0.39 is 0 Å². The molecular weight excluding hydrogens is 335 g/mol. The average Bonchev–Trinajstić information content (AvgIpc) is 3.08. The topological polar surface area (TPSA) is 61.0 Å². The number of H-pyrrole nitrogens is 1. The van der Waals surface area contributed by atoms with Crippen LogP contribution in [0.15, 0.2) is 12.3 Å². The molecule has 0 spiro atoms. The van der Waals surface area contributed by atoms with Crippen LogP contribution in [0.4, 0.5) is 0 Å². The van der Waals surface area contributed by atoms with Crippen LogP contribution in [-0.2, 0) is 4.79 Å². The molecule has 0 atom stereocenters. The number of aromatic nitrogens is 2. The molecule has 2 fully saturated rings. The lowest BCUT2D eigenvalue weighted by atomic mass is 9.91. The smallest absolute Gasteiger partial charge is 0.222 e. The van der Waals surface area contributed by atoms with E-state index in [4.69, 9.17) is 0 Å². The Hall–Kier alpha value is -0.780. The lowest BCUT2D eigenvalue weighted by Gasteiger charge is -2.32. The number of halogens is 2. The van der Waals surface area contributed by atoms with Gasteiger partial charge < -0.3 is 10.2 Å². The molecule has 2 aliphatic heterocycles. The summed E-state index contributed by atoms with van der Waals surface area (Å²) in [5.41, 5.74) is 1.22. The number of carbonyl (C=O) groups excluding carboxylic acids is 1. The Kier molecular flexibility index (Phi) is 8.95. The maximum Gasteiger partial charge on any atom is 0.222 e. The number of carbonyl (C=O) groups is 1. The molecule has 0 saturated carbocycles. The fraction of sp³-hybridized carbons (Fsp3) is 0.750. The van der Waals surface area contributed by atoms with Crippen LogP contribution in [0.2, 0.25) is 0 Å². The van der Waals surface area contributed by atoms with Crippen molar-refractivity contribution < 1.29 is 4.79 Å². The SMILES string of the molecule is Cl.Cl.O=C(CCC1CCNCC1)N1CCC(c2ccn[nH]2)CC1. The van der Waals surface area contributed by atoms with Crippen LogP contribution in [0.25, 0.3) is 0 Å². The maximum absolute atomic E-state index is 12.3. The summed E-state index contributed by atoms with van der Waals surface area (Å²) in [5.74, 6) is 1.65. The number of nitrogens with zero attached hydrogens (tertiary/aromatic N) is 2. The van der Waals surface area contributed by atoms with Gasteiger partial charge in [0.15, 0.2) is 0 Å². The zero-order valence-corrected chi connectivity index (χ0v) is 15.1. The van der Waals surface area contributed by atoms with Crippen molar-refractivity contribution in [3.63, 3.8) is 0 Å². The highest BCUT2D eigenvalue weighted by atomic mass is 35.5. The number of amides is 1. The maximum atomic E-state index is 12.3. The number of likely N-dealkylation sites (tertiary alicyclic amines) is 1. The minimum Gasteiger partial charge on any atom is -0.343 e. The minimum absolute atomic E-state index is 0. The first-order valence-corrected chi connectivity index (χ1v) is 8.30. The summed E-state index contributed by atoms with van der Waals surface area (Å²) in [6.07, 6.45) is 8.19. The molecule has 0 aliphatic carbocycles. The van der Waals surface area contributed by atoms with Crippen molar-refractivity contribution in [1.29, 1.82) is 0 Å². The molecular formula is C16H28Cl2N4O. The quantitative estimate of drug-likeness (QED) is 0.865.